The fourth-order valence-electron chi connectivity index (χ4n) is 2.49. The van der Waals surface area contributed by atoms with Gasteiger partial charge in [-0.15, -0.1) is 11.3 Å². The zero-order valence-electron chi connectivity index (χ0n) is 11.6. The molecule has 108 valence electrons. The Bertz CT molecular complexity index is 829. The van der Waals surface area contributed by atoms with E-state index in [-0.39, 0.29) is 12.1 Å². The second-order valence-electron chi connectivity index (χ2n) is 5.03. The SMILES string of the molecule is O=C1NC(c2nc(-c3ccccc3)cs2)Nc2ccccc21. The van der Waals surface area contributed by atoms with E-state index >= 15 is 0 Å². The summed E-state index contributed by atoms with van der Waals surface area (Å²) in [5.74, 6) is -0.0733. The Morgan fingerprint density at radius 3 is 2.59 bits per heavy atom. The molecule has 1 aromatic heterocycles. The van der Waals surface area contributed by atoms with Crippen LogP contribution in [-0.4, -0.2) is 10.9 Å². The molecule has 0 aliphatic carbocycles. The molecule has 22 heavy (non-hydrogen) atoms. The first-order valence-corrected chi connectivity index (χ1v) is 7.86. The molecule has 2 heterocycles. The van der Waals surface area contributed by atoms with Crippen molar-refractivity contribution in [2.24, 2.45) is 0 Å². The molecule has 4 rings (SSSR count). The second-order valence-corrected chi connectivity index (χ2v) is 5.92. The molecule has 2 aromatic carbocycles. The number of carbonyl (C=O) groups excluding carboxylic acids is 1. The molecular formula is C17H13N3OS. The number of fused-ring (bicyclic) bond motifs is 1. The predicted octanol–water partition coefficient (Wildman–Crippen LogP) is 3.66. The minimum absolute atomic E-state index is 0.0733. The van der Waals surface area contributed by atoms with E-state index in [1.54, 1.807) is 0 Å². The van der Waals surface area contributed by atoms with Crippen LogP contribution in [0.1, 0.15) is 21.5 Å². The molecular weight excluding hydrogens is 294 g/mol. The van der Waals surface area contributed by atoms with E-state index in [4.69, 9.17) is 0 Å². The highest BCUT2D eigenvalue weighted by atomic mass is 32.1. The standard InChI is InChI=1S/C17H13N3OS/c21-16-12-8-4-5-9-13(12)18-15(20-16)17-19-14(10-22-17)11-6-2-1-3-7-11/h1-10,15,18H,(H,20,21). The van der Waals surface area contributed by atoms with Crippen molar-refractivity contribution in [3.63, 3.8) is 0 Å². The van der Waals surface area contributed by atoms with Crippen molar-refractivity contribution >= 4 is 22.9 Å². The Kier molecular flexibility index (Phi) is 3.12. The van der Waals surface area contributed by atoms with Crippen molar-refractivity contribution in [3.8, 4) is 11.3 Å². The Hall–Kier alpha value is -2.66. The maximum atomic E-state index is 12.2. The minimum Gasteiger partial charge on any atom is -0.359 e. The number of carbonyl (C=O) groups is 1. The molecule has 1 atom stereocenters. The van der Waals surface area contributed by atoms with E-state index in [2.05, 4.69) is 15.6 Å². The van der Waals surface area contributed by atoms with E-state index in [1.165, 1.54) is 11.3 Å². The van der Waals surface area contributed by atoms with E-state index in [9.17, 15) is 4.79 Å². The van der Waals surface area contributed by atoms with Crippen molar-refractivity contribution in [1.29, 1.82) is 0 Å². The molecule has 0 radical (unpaired) electrons. The first-order valence-electron chi connectivity index (χ1n) is 6.98. The van der Waals surface area contributed by atoms with Gasteiger partial charge in [0.25, 0.3) is 5.91 Å². The fourth-order valence-corrected chi connectivity index (χ4v) is 3.32. The van der Waals surface area contributed by atoms with Gasteiger partial charge in [0.2, 0.25) is 0 Å². The second kappa shape index (κ2) is 5.27. The quantitative estimate of drug-likeness (QED) is 0.759. The van der Waals surface area contributed by atoms with Crippen LogP contribution in [0.4, 0.5) is 5.69 Å². The number of benzene rings is 2. The summed E-state index contributed by atoms with van der Waals surface area (Å²) in [6.07, 6.45) is -0.287. The molecule has 0 saturated carbocycles. The van der Waals surface area contributed by atoms with Crippen LogP contribution in [0.5, 0.6) is 0 Å². The fraction of sp³-hybridized carbons (Fsp3) is 0.0588. The molecule has 1 aliphatic rings. The maximum Gasteiger partial charge on any atom is 0.255 e. The normalized spacial score (nSPS) is 16.5. The number of hydrogen-bond donors (Lipinski definition) is 2. The number of amides is 1. The van der Waals surface area contributed by atoms with Crippen LogP contribution >= 0.6 is 11.3 Å². The maximum absolute atomic E-state index is 12.2. The van der Waals surface area contributed by atoms with Crippen molar-refractivity contribution in [1.82, 2.24) is 10.3 Å². The smallest absolute Gasteiger partial charge is 0.255 e. The number of hydrogen-bond acceptors (Lipinski definition) is 4. The topological polar surface area (TPSA) is 54.0 Å². The van der Waals surface area contributed by atoms with Crippen LogP contribution in [0.15, 0.2) is 60.0 Å². The van der Waals surface area contributed by atoms with Gasteiger partial charge in [-0.25, -0.2) is 4.98 Å². The summed E-state index contributed by atoms with van der Waals surface area (Å²) >= 11 is 1.54. The average Bonchev–Trinajstić information content (AvgIpc) is 3.06. The third-order valence-corrected chi connectivity index (χ3v) is 4.50. The number of thiazole rings is 1. The van der Waals surface area contributed by atoms with Crippen molar-refractivity contribution in [2.45, 2.75) is 6.17 Å². The first kappa shape index (κ1) is 13.0. The lowest BCUT2D eigenvalue weighted by molar-refractivity contribution is 0.0935. The van der Waals surface area contributed by atoms with Gasteiger partial charge in [-0.05, 0) is 12.1 Å². The summed E-state index contributed by atoms with van der Waals surface area (Å²) in [5.41, 5.74) is 3.51. The molecule has 3 aromatic rings. The summed E-state index contributed by atoms with van der Waals surface area (Å²) in [5, 5.41) is 9.14. The van der Waals surface area contributed by atoms with E-state index in [0.717, 1.165) is 22.0 Å². The molecule has 1 unspecified atom stereocenters. The summed E-state index contributed by atoms with van der Waals surface area (Å²) in [4.78, 5) is 16.8. The third kappa shape index (κ3) is 2.25. The van der Waals surface area contributed by atoms with Crippen LogP contribution in [0.2, 0.25) is 0 Å². The van der Waals surface area contributed by atoms with Crippen molar-refractivity contribution in [3.05, 3.63) is 70.5 Å². The van der Waals surface area contributed by atoms with Gasteiger partial charge in [-0.1, -0.05) is 42.5 Å². The highest BCUT2D eigenvalue weighted by Crippen LogP contribution is 2.30. The number of anilines is 1. The highest BCUT2D eigenvalue weighted by molar-refractivity contribution is 7.10. The van der Waals surface area contributed by atoms with Gasteiger partial charge in [0.15, 0.2) is 6.17 Å². The predicted molar refractivity (Wildman–Crippen MR) is 87.8 cm³/mol. The molecule has 4 nitrogen and oxygen atoms in total. The molecule has 0 saturated heterocycles. The largest absolute Gasteiger partial charge is 0.359 e. The zero-order valence-corrected chi connectivity index (χ0v) is 12.4. The van der Waals surface area contributed by atoms with Crippen molar-refractivity contribution in [2.75, 3.05) is 5.32 Å². The minimum atomic E-state index is -0.287. The van der Waals surface area contributed by atoms with Gasteiger partial charge in [0.05, 0.1) is 11.3 Å². The van der Waals surface area contributed by atoms with Gasteiger partial charge in [-0.2, -0.15) is 0 Å². The van der Waals surface area contributed by atoms with Crippen LogP contribution in [0.25, 0.3) is 11.3 Å². The number of para-hydroxylation sites is 1. The summed E-state index contributed by atoms with van der Waals surface area (Å²) in [6.45, 7) is 0. The third-order valence-electron chi connectivity index (χ3n) is 3.59. The van der Waals surface area contributed by atoms with Crippen LogP contribution < -0.4 is 10.6 Å². The summed E-state index contributed by atoms with van der Waals surface area (Å²) in [7, 11) is 0. The van der Waals surface area contributed by atoms with Crippen LogP contribution in [0.3, 0.4) is 0 Å². The molecule has 0 spiro atoms. The molecule has 1 amide bonds. The lowest BCUT2D eigenvalue weighted by Gasteiger charge is -2.26. The lowest BCUT2D eigenvalue weighted by atomic mass is 10.1. The first-order chi connectivity index (χ1) is 10.8. The Morgan fingerprint density at radius 2 is 1.73 bits per heavy atom. The van der Waals surface area contributed by atoms with Crippen molar-refractivity contribution < 1.29 is 4.79 Å². The lowest BCUT2D eigenvalue weighted by Crippen LogP contribution is -2.38. The highest BCUT2D eigenvalue weighted by Gasteiger charge is 2.26. The van der Waals surface area contributed by atoms with Gasteiger partial charge >= 0.3 is 0 Å². The van der Waals surface area contributed by atoms with E-state index in [0.29, 0.717) is 5.56 Å². The Balaban J connectivity index is 1.64. The van der Waals surface area contributed by atoms with E-state index in [1.807, 2.05) is 60.0 Å². The van der Waals surface area contributed by atoms with Gasteiger partial charge in [-0.3, -0.25) is 4.79 Å². The number of rotatable bonds is 2. The molecule has 1 aliphatic heterocycles. The van der Waals surface area contributed by atoms with Gasteiger partial charge < -0.3 is 10.6 Å². The van der Waals surface area contributed by atoms with Crippen LogP contribution in [0, 0.1) is 0 Å². The van der Waals surface area contributed by atoms with Gasteiger partial charge in [0, 0.05) is 16.6 Å². The zero-order chi connectivity index (χ0) is 14.9. The molecule has 5 heteroatoms. The summed E-state index contributed by atoms with van der Waals surface area (Å²) < 4.78 is 0. The summed E-state index contributed by atoms with van der Waals surface area (Å²) in [6, 6.07) is 17.5. The average molecular weight is 307 g/mol. The Labute approximate surface area is 131 Å². The van der Waals surface area contributed by atoms with E-state index < -0.39 is 0 Å². The number of nitrogens with zero attached hydrogens (tertiary/aromatic N) is 1. The van der Waals surface area contributed by atoms with Crippen LogP contribution in [-0.2, 0) is 0 Å². The number of aromatic nitrogens is 1. The molecule has 0 bridgehead atoms. The molecule has 0 fully saturated rings. The van der Waals surface area contributed by atoms with Gasteiger partial charge in [0.1, 0.15) is 5.01 Å². The Morgan fingerprint density at radius 1 is 0.955 bits per heavy atom. The molecule has 2 N–H and O–H groups in total. The monoisotopic (exact) mass is 307 g/mol. The number of nitrogens with one attached hydrogen (secondary N) is 2.